The molecule has 4 heteroatoms. The Morgan fingerprint density at radius 2 is 1.64 bits per heavy atom. The van der Waals surface area contributed by atoms with Crippen LogP contribution in [0, 0.1) is 17.0 Å². The van der Waals surface area contributed by atoms with Crippen LogP contribution in [0.2, 0.25) is 0 Å². The Morgan fingerprint density at radius 3 is 2.00 bits per heavy atom. The lowest BCUT2D eigenvalue weighted by molar-refractivity contribution is 0.309. The van der Waals surface area contributed by atoms with E-state index in [2.05, 4.69) is 4.98 Å². The first kappa shape index (κ1) is 11.0. The van der Waals surface area contributed by atoms with E-state index in [1.165, 1.54) is 0 Å². The van der Waals surface area contributed by atoms with Gasteiger partial charge in [-0.2, -0.15) is 0 Å². The second kappa shape index (κ2) is 3.61. The quantitative estimate of drug-likeness (QED) is 0.756. The molecular formula is C10H14F2N2. The van der Waals surface area contributed by atoms with E-state index in [-0.39, 0.29) is 11.0 Å². The van der Waals surface area contributed by atoms with Gasteiger partial charge in [0, 0.05) is 11.6 Å². The molecule has 0 spiro atoms. The van der Waals surface area contributed by atoms with Gasteiger partial charge in [-0.15, -0.1) is 0 Å². The van der Waals surface area contributed by atoms with E-state index in [0.29, 0.717) is 0 Å². The molecule has 2 N–H and O–H groups in total. The van der Waals surface area contributed by atoms with Crippen LogP contribution >= 0.6 is 0 Å². The predicted octanol–water partition coefficient (Wildman–Crippen LogP) is 2.41. The van der Waals surface area contributed by atoms with Crippen molar-refractivity contribution < 1.29 is 8.78 Å². The smallest absolute Gasteiger partial charge is 0.149 e. The summed E-state index contributed by atoms with van der Waals surface area (Å²) in [4.78, 5) is 3.40. The molecule has 0 unspecified atom stereocenters. The second-order valence-electron chi connectivity index (χ2n) is 4.36. The largest absolute Gasteiger partial charge is 0.323 e. The van der Waals surface area contributed by atoms with Crippen LogP contribution in [0.25, 0.3) is 0 Å². The van der Waals surface area contributed by atoms with E-state index in [9.17, 15) is 8.78 Å². The van der Waals surface area contributed by atoms with Gasteiger partial charge in [-0.3, -0.25) is 4.98 Å². The highest BCUT2D eigenvalue weighted by Crippen LogP contribution is 2.32. The highest BCUT2D eigenvalue weighted by Gasteiger charge is 2.27. The number of aromatic nitrogens is 1. The zero-order valence-electron chi connectivity index (χ0n) is 8.51. The molecule has 78 valence electrons. The lowest BCUT2D eigenvalue weighted by Crippen LogP contribution is -2.28. The van der Waals surface area contributed by atoms with E-state index in [4.69, 9.17) is 5.73 Å². The molecule has 1 rings (SSSR count). The molecule has 0 amide bonds. The van der Waals surface area contributed by atoms with Gasteiger partial charge in [-0.05, 0) is 5.41 Å². The lowest BCUT2D eigenvalue weighted by Gasteiger charge is -2.27. The van der Waals surface area contributed by atoms with Gasteiger partial charge in [0.05, 0.1) is 12.4 Å². The number of hydrogen-bond donors (Lipinski definition) is 1. The van der Waals surface area contributed by atoms with Gasteiger partial charge in [-0.25, -0.2) is 8.78 Å². The average Bonchev–Trinajstić information content (AvgIpc) is 2.01. The zero-order chi connectivity index (χ0) is 10.9. The summed E-state index contributed by atoms with van der Waals surface area (Å²) in [6, 6.07) is -0.675. The van der Waals surface area contributed by atoms with Gasteiger partial charge >= 0.3 is 0 Å². The molecule has 14 heavy (non-hydrogen) atoms. The Kier molecular flexibility index (Phi) is 2.85. The number of rotatable bonds is 1. The molecule has 0 saturated heterocycles. The van der Waals surface area contributed by atoms with Crippen molar-refractivity contribution in [3.63, 3.8) is 0 Å². The first-order chi connectivity index (χ1) is 6.34. The molecule has 0 radical (unpaired) electrons. The molecule has 0 aliphatic heterocycles. The van der Waals surface area contributed by atoms with E-state index < -0.39 is 17.7 Å². The Hall–Kier alpha value is -1.03. The molecule has 0 saturated carbocycles. The van der Waals surface area contributed by atoms with Crippen LogP contribution in [0.5, 0.6) is 0 Å². The molecule has 0 aromatic carbocycles. The molecular weight excluding hydrogens is 186 g/mol. The normalized spacial score (nSPS) is 14.1. The maximum atomic E-state index is 13.2. The van der Waals surface area contributed by atoms with Crippen LogP contribution in [-0.4, -0.2) is 4.98 Å². The highest BCUT2D eigenvalue weighted by atomic mass is 19.1. The van der Waals surface area contributed by atoms with E-state index in [0.717, 1.165) is 12.4 Å². The van der Waals surface area contributed by atoms with Crippen molar-refractivity contribution in [1.29, 1.82) is 0 Å². The minimum atomic E-state index is -0.688. The monoisotopic (exact) mass is 200 g/mol. The Bertz CT molecular complexity index is 311. The van der Waals surface area contributed by atoms with Crippen molar-refractivity contribution >= 4 is 0 Å². The first-order valence-corrected chi connectivity index (χ1v) is 4.38. The topological polar surface area (TPSA) is 38.9 Å². The van der Waals surface area contributed by atoms with Crippen molar-refractivity contribution in [2.24, 2.45) is 11.1 Å². The number of nitrogens with two attached hydrogens (primary N) is 1. The SMILES string of the molecule is CC(C)(C)[C@H](N)c1c(F)cncc1F. The van der Waals surface area contributed by atoms with E-state index >= 15 is 0 Å². The van der Waals surface area contributed by atoms with E-state index in [1.54, 1.807) is 0 Å². The molecule has 0 fully saturated rings. The summed E-state index contributed by atoms with van der Waals surface area (Å²) >= 11 is 0. The molecule has 0 aliphatic carbocycles. The van der Waals surface area contributed by atoms with Crippen molar-refractivity contribution in [2.45, 2.75) is 26.8 Å². The maximum absolute atomic E-state index is 13.2. The summed E-state index contributed by atoms with van der Waals surface area (Å²) in [5.41, 5.74) is 5.29. The van der Waals surface area contributed by atoms with Crippen molar-refractivity contribution in [1.82, 2.24) is 4.98 Å². The Morgan fingerprint density at radius 1 is 1.21 bits per heavy atom. The van der Waals surface area contributed by atoms with E-state index in [1.807, 2.05) is 20.8 Å². The molecule has 1 atom stereocenters. The van der Waals surface area contributed by atoms with Crippen LogP contribution in [0.15, 0.2) is 12.4 Å². The van der Waals surface area contributed by atoms with Gasteiger partial charge in [0.25, 0.3) is 0 Å². The predicted molar refractivity (Wildman–Crippen MR) is 50.5 cm³/mol. The van der Waals surface area contributed by atoms with Crippen LogP contribution < -0.4 is 5.73 Å². The standard InChI is InChI=1S/C10H14F2N2/c1-10(2,3)9(13)8-6(11)4-14-5-7(8)12/h4-5,9H,13H2,1-3H3/t9-/m1/s1. The third-order valence-electron chi connectivity index (χ3n) is 2.13. The second-order valence-corrected chi connectivity index (χ2v) is 4.36. The number of hydrogen-bond acceptors (Lipinski definition) is 2. The van der Waals surface area contributed by atoms with Gasteiger partial charge in [0.15, 0.2) is 0 Å². The molecule has 1 aromatic rings. The van der Waals surface area contributed by atoms with Gasteiger partial charge in [-0.1, -0.05) is 20.8 Å². The molecule has 0 aliphatic rings. The lowest BCUT2D eigenvalue weighted by atomic mass is 9.83. The van der Waals surface area contributed by atoms with Crippen molar-refractivity contribution in [3.8, 4) is 0 Å². The third kappa shape index (κ3) is 2.07. The number of nitrogens with zero attached hydrogens (tertiary/aromatic N) is 1. The fraction of sp³-hybridized carbons (Fsp3) is 0.500. The van der Waals surface area contributed by atoms with Crippen LogP contribution in [0.1, 0.15) is 32.4 Å². The third-order valence-corrected chi connectivity index (χ3v) is 2.13. The Balaban J connectivity index is 3.19. The minimum Gasteiger partial charge on any atom is -0.323 e. The summed E-state index contributed by atoms with van der Waals surface area (Å²) < 4.78 is 26.5. The molecule has 1 aromatic heterocycles. The van der Waals surface area contributed by atoms with Crippen LogP contribution in [-0.2, 0) is 0 Å². The summed E-state index contributed by atoms with van der Waals surface area (Å²) in [5, 5.41) is 0. The average molecular weight is 200 g/mol. The molecule has 0 bridgehead atoms. The summed E-state index contributed by atoms with van der Waals surface area (Å²) in [7, 11) is 0. The fourth-order valence-electron chi connectivity index (χ4n) is 1.15. The maximum Gasteiger partial charge on any atom is 0.149 e. The summed E-state index contributed by atoms with van der Waals surface area (Å²) in [6.45, 7) is 5.49. The first-order valence-electron chi connectivity index (χ1n) is 4.38. The summed E-state index contributed by atoms with van der Waals surface area (Å²) in [6.07, 6.45) is 1.95. The van der Waals surface area contributed by atoms with Gasteiger partial charge < -0.3 is 5.73 Å². The number of halogens is 2. The van der Waals surface area contributed by atoms with Crippen molar-refractivity contribution in [2.75, 3.05) is 0 Å². The highest BCUT2D eigenvalue weighted by molar-refractivity contribution is 5.20. The fourth-order valence-corrected chi connectivity index (χ4v) is 1.15. The van der Waals surface area contributed by atoms with Crippen LogP contribution in [0.3, 0.4) is 0 Å². The molecule has 1 heterocycles. The summed E-state index contributed by atoms with van der Waals surface area (Å²) in [5.74, 6) is -1.38. The van der Waals surface area contributed by atoms with Gasteiger partial charge in [0.2, 0.25) is 0 Å². The zero-order valence-corrected chi connectivity index (χ0v) is 8.51. The Labute approximate surface area is 82.1 Å². The van der Waals surface area contributed by atoms with Crippen molar-refractivity contribution in [3.05, 3.63) is 29.6 Å². The van der Waals surface area contributed by atoms with Crippen LogP contribution in [0.4, 0.5) is 8.78 Å². The minimum absolute atomic E-state index is 0.0903. The molecule has 2 nitrogen and oxygen atoms in total. The van der Waals surface area contributed by atoms with Gasteiger partial charge in [0.1, 0.15) is 11.6 Å². The number of pyridine rings is 1.